The molecule has 0 aromatic heterocycles. The zero-order valence-corrected chi connectivity index (χ0v) is 16.5. The van der Waals surface area contributed by atoms with E-state index in [1.54, 1.807) is 5.57 Å². The van der Waals surface area contributed by atoms with E-state index in [-0.39, 0.29) is 23.2 Å². The molecular formula is C25H28O3. The van der Waals surface area contributed by atoms with Crippen LogP contribution in [-0.4, -0.2) is 23.3 Å². The molecule has 3 heteroatoms. The fraction of sp³-hybridized carbons (Fsp3) is 0.520. The summed E-state index contributed by atoms with van der Waals surface area (Å²) in [4.78, 5) is 23.1. The maximum atomic E-state index is 12.0. The monoisotopic (exact) mass is 376 g/mol. The SMILES string of the molecule is C[C@]12C[C@@H](c3ccc(C=O)cc3)C3=C4CCC(=O)C=C4CC[C@H]3[C@H]1CC[C@H]2O. The predicted octanol–water partition coefficient (Wildman–Crippen LogP) is 4.76. The van der Waals surface area contributed by atoms with Gasteiger partial charge in [-0.2, -0.15) is 0 Å². The van der Waals surface area contributed by atoms with Crippen LogP contribution in [0.2, 0.25) is 0 Å². The quantitative estimate of drug-likeness (QED) is 0.757. The summed E-state index contributed by atoms with van der Waals surface area (Å²) in [5.74, 6) is 1.58. The Bertz CT molecular complexity index is 891. The Morgan fingerprint density at radius 1 is 1.07 bits per heavy atom. The van der Waals surface area contributed by atoms with Crippen LogP contribution >= 0.6 is 0 Å². The van der Waals surface area contributed by atoms with E-state index in [1.165, 1.54) is 16.7 Å². The molecule has 0 heterocycles. The highest BCUT2D eigenvalue weighted by Crippen LogP contribution is 2.63. The van der Waals surface area contributed by atoms with E-state index >= 15 is 0 Å². The first-order valence-corrected chi connectivity index (χ1v) is 10.7. The van der Waals surface area contributed by atoms with Gasteiger partial charge in [0.15, 0.2) is 5.78 Å². The molecule has 1 aromatic carbocycles. The second-order valence-electron chi connectivity index (χ2n) is 9.46. The van der Waals surface area contributed by atoms with Crippen molar-refractivity contribution in [3.05, 3.63) is 58.2 Å². The highest BCUT2D eigenvalue weighted by molar-refractivity contribution is 5.93. The number of aldehydes is 1. The molecule has 2 fully saturated rings. The number of aliphatic hydroxyl groups excluding tert-OH is 1. The third-order valence-corrected chi connectivity index (χ3v) is 8.16. The molecule has 0 aliphatic heterocycles. The van der Waals surface area contributed by atoms with E-state index < -0.39 is 0 Å². The van der Waals surface area contributed by atoms with Crippen LogP contribution in [0.1, 0.15) is 73.7 Å². The molecule has 5 rings (SSSR count). The van der Waals surface area contributed by atoms with E-state index in [2.05, 4.69) is 19.1 Å². The first-order chi connectivity index (χ1) is 13.5. The highest BCUT2D eigenvalue weighted by Gasteiger charge is 2.56. The largest absolute Gasteiger partial charge is 0.393 e. The number of hydrogen-bond donors (Lipinski definition) is 1. The van der Waals surface area contributed by atoms with E-state index in [4.69, 9.17) is 0 Å². The topological polar surface area (TPSA) is 54.4 Å². The lowest BCUT2D eigenvalue weighted by Gasteiger charge is -2.52. The van der Waals surface area contributed by atoms with Gasteiger partial charge in [0.1, 0.15) is 6.29 Å². The number of allylic oxidation sites excluding steroid dienone is 4. The summed E-state index contributed by atoms with van der Waals surface area (Å²) >= 11 is 0. The number of benzene rings is 1. The molecule has 4 aliphatic carbocycles. The van der Waals surface area contributed by atoms with E-state index in [9.17, 15) is 14.7 Å². The standard InChI is InChI=1S/C25H28O3/c1-25-13-21(16-4-2-15(14-26)3-5-16)24-19-9-7-18(27)12-17(19)6-8-20(24)22(25)10-11-23(25)28/h2-5,12,14,20-23,28H,6-11,13H2,1H3/t20-,21-,22+,23+,25-/m0/s1. The van der Waals surface area contributed by atoms with Crippen LogP contribution in [0.25, 0.3) is 0 Å². The van der Waals surface area contributed by atoms with Gasteiger partial charge in [0, 0.05) is 17.9 Å². The number of aliphatic hydroxyl groups is 1. The van der Waals surface area contributed by atoms with Crippen LogP contribution < -0.4 is 0 Å². The van der Waals surface area contributed by atoms with Crippen LogP contribution in [0.5, 0.6) is 0 Å². The number of carbonyl (C=O) groups is 2. The Kier molecular flexibility index (Phi) is 4.20. The Balaban J connectivity index is 1.67. The molecule has 0 amide bonds. The van der Waals surface area contributed by atoms with Crippen molar-refractivity contribution < 1.29 is 14.7 Å². The fourth-order valence-electron chi connectivity index (χ4n) is 6.74. The third kappa shape index (κ3) is 2.59. The molecule has 28 heavy (non-hydrogen) atoms. The van der Waals surface area contributed by atoms with Gasteiger partial charge in [-0.3, -0.25) is 9.59 Å². The maximum absolute atomic E-state index is 12.0. The minimum absolute atomic E-state index is 0.0472. The summed E-state index contributed by atoms with van der Waals surface area (Å²) in [5, 5.41) is 10.9. The van der Waals surface area contributed by atoms with E-state index in [1.807, 2.05) is 18.2 Å². The molecule has 3 nitrogen and oxygen atoms in total. The zero-order valence-electron chi connectivity index (χ0n) is 16.5. The van der Waals surface area contributed by atoms with Crippen molar-refractivity contribution in [2.75, 3.05) is 0 Å². The molecule has 146 valence electrons. The lowest BCUT2D eigenvalue weighted by Crippen LogP contribution is -2.45. The van der Waals surface area contributed by atoms with Gasteiger partial charge in [-0.05, 0) is 78.6 Å². The normalized spacial score (nSPS) is 37.1. The van der Waals surface area contributed by atoms with Crippen molar-refractivity contribution in [3.63, 3.8) is 0 Å². The van der Waals surface area contributed by atoms with Gasteiger partial charge in [-0.25, -0.2) is 0 Å². The molecule has 1 aromatic rings. The average Bonchev–Trinajstić information content (AvgIpc) is 3.01. The van der Waals surface area contributed by atoms with Crippen molar-refractivity contribution in [1.82, 2.24) is 0 Å². The maximum Gasteiger partial charge on any atom is 0.156 e. The van der Waals surface area contributed by atoms with Crippen LogP contribution in [0, 0.1) is 17.3 Å². The molecule has 4 aliphatic rings. The average molecular weight is 376 g/mol. The predicted molar refractivity (Wildman–Crippen MR) is 108 cm³/mol. The second-order valence-corrected chi connectivity index (χ2v) is 9.46. The lowest BCUT2D eigenvalue weighted by atomic mass is 9.53. The van der Waals surface area contributed by atoms with Crippen LogP contribution in [-0.2, 0) is 4.79 Å². The summed E-state index contributed by atoms with van der Waals surface area (Å²) in [6.07, 6.45) is 9.09. The minimum Gasteiger partial charge on any atom is -0.393 e. The summed E-state index contributed by atoms with van der Waals surface area (Å²) in [6, 6.07) is 8.00. The number of ketones is 1. The Morgan fingerprint density at radius 3 is 2.61 bits per heavy atom. The van der Waals surface area contributed by atoms with E-state index in [0.29, 0.717) is 23.8 Å². The Labute approximate surface area is 166 Å². The first kappa shape index (κ1) is 18.1. The smallest absolute Gasteiger partial charge is 0.156 e. The number of hydrogen-bond acceptors (Lipinski definition) is 3. The van der Waals surface area contributed by atoms with Gasteiger partial charge in [-0.1, -0.05) is 36.8 Å². The number of rotatable bonds is 2. The third-order valence-electron chi connectivity index (χ3n) is 8.16. The van der Waals surface area contributed by atoms with E-state index in [0.717, 1.165) is 44.8 Å². The molecule has 0 saturated heterocycles. The fourth-order valence-corrected chi connectivity index (χ4v) is 6.74. The van der Waals surface area contributed by atoms with Gasteiger partial charge in [0.25, 0.3) is 0 Å². The van der Waals surface area contributed by atoms with Gasteiger partial charge in [0.2, 0.25) is 0 Å². The van der Waals surface area contributed by atoms with Crippen molar-refractivity contribution >= 4 is 12.1 Å². The second kappa shape index (κ2) is 6.52. The minimum atomic E-state index is -0.231. The molecule has 0 bridgehead atoms. The lowest BCUT2D eigenvalue weighted by molar-refractivity contribution is -0.114. The molecule has 0 radical (unpaired) electrons. The number of fused-ring (bicyclic) bond motifs is 4. The van der Waals surface area contributed by atoms with Gasteiger partial charge in [0.05, 0.1) is 6.10 Å². The van der Waals surface area contributed by atoms with Crippen LogP contribution in [0.3, 0.4) is 0 Å². The summed E-state index contributed by atoms with van der Waals surface area (Å²) in [7, 11) is 0. The molecule has 5 atom stereocenters. The highest BCUT2D eigenvalue weighted by atomic mass is 16.3. The Hall–Kier alpha value is -2.00. The molecule has 1 N–H and O–H groups in total. The zero-order chi connectivity index (χ0) is 19.5. The van der Waals surface area contributed by atoms with Gasteiger partial charge in [-0.15, -0.1) is 0 Å². The Morgan fingerprint density at radius 2 is 1.86 bits per heavy atom. The summed E-state index contributed by atoms with van der Waals surface area (Å²) in [6.45, 7) is 2.29. The van der Waals surface area contributed by atoms with Crippen molar-refractivity contribution in [1.29, 1.82) is 0 Å². The van der Waals surface area contributed by atoms with Crippen molar-refractivity contribution in [3.8, 4) is 0 Å². The number of carbonyl (C=O) groups excluding carboxylic acids is 2. The van der Waals surface area contributed by atoms with Crippen LogP contribution in [0.4, 0.5) is 0 Å². The molecule has 2 saturated carbocycles. The van der Waals surface area contributed by atoms with Gasteiger partial charge < -0.3 is 5.11 Å². The molecular weight excluding hydrogens is 348 g/mol. The first-order valence-electron chi connectivity index (χ1n) is 10.7. The summed E-state index contributed by atoms with van der Waals surface area (Å²) in [5.41, 5.74) is 6.14. The van der Waals surface area contributed by atoms with Gasteiger partial charge >= 0.3 is 0 Å². The molecule has 0 spiro atoms. The molecule has 0 unspecified atom stereocenters. The van der Waals surface area contributed by atoms with Crippen molar-refractivity contribution in [2.45, 2.75) is 63.9 Å². The summed E-state index contributed by atoms with van der Waals surface area (Å²) < 4.78 is 0. The van der Waals surface area contributed by atoms with Crippen molar-refractivity contribution in [2.24, 2.45) is 17.3 Å². The van der Waals surface area contributed by atoms with Crippen LogP contribution in [0.15, 0.2) is 47.1 Å².